The molecule has 2 aliphatic rings. The van der Waals surface area contributed by atoms with E-state index < -0.39 is 24.0 Å². The fraction of sp³-hybridized carbons (Fsp3) is 1.00. The fourth-order valence-corrected chi connectivity index (χ4v) is 2.01. The summed E-state index contributed by atoms with van der Waals surface area (Å²) in [5.41, 5.74) is -1.08. The van der Waals surface area contributed by atoms with Crippen LogP contribution in [0.3, 0.4) is 0 Å². The quantitative estimate of drug-likeness (QED) is 0.454. The van der Waals surface area contributed by atoms with Crippen molar-refractivity contribution in [1.82, 2.24) is 5.06 Å². The lowest BCUT2D eigenvalue weighted by atomic mass is 10.0. The molecule has 2 saturated heterocycles. The average Bonchev–Trinajstić information content (AvgIpc) is 2.53. The van der Waals surface area contributed by atoms with E-state index in [0.717, 1.165) is 0 Å². The van der Waals surface area contributed by atoms with Gasteiger partial charge in [-0.3, -0.25) is 0 Å². The van der Waals surface area contributed by atoms with E-state index in [2.05, 4.69) is 0 Å². The molecule has 13 heavy (non-hydrogen) atoms. The molecule has 4 atom stereocenters. The van der Waals surface area contributed by atoms with Gasteiger partial charge in [-0.1, -0.05) is 0 Å². The molecule has 6 nitrogen and oxygen atoms in total. The molecular weight excluding hydrogens is 178 g/mol. The van der Waals surface area contributed by atoms with E-state index in [4.69, 9.17) is 14.7 Å². The highest BCUT2D eigenvalue weighted by Crippen LogP contribution is 2.40. The molecule has 6 heteroatoms. The van der Waals surface area contributed by atoms with Crippen LogP contribution >= 0.6 is 0 Å². The fourth-order valence-electron chi connectivity index (χ4n) is 2.01. The molecular formula is C7H13NO5. The van der Waals surface area contributed by atoms with Gasteiger partial charge in [0.15, 0.2) is 6.29 Å². The second kappa shape index (κ2) is 2.88. The number of morpholine rings is 1. The summed E-state index contributed by atoms with van der Waals surface area (Å²) in [7, 11) is 1.45. The highest BCUT2D eigenvalue weighted by atomic mass is 16.7. The maximum Gasteiger partial charge on any atom is 0.176 e. The Bertz CT molecular complexity index is 213. The lowest BCUT2D eigenvalue weighted by molar-refractivity contribution is -0.268. The van der Waals surface area contributed by atoms with Gasteiger partial charge in [0.05, 0.1) is 20.3 Å². The van der Waals surface area contributed by atoms with Crippen LogP contribution in [0.15, 0.2) is 0 Å². The Morgan fingerprint density at radius 2 is 2.31 bits per heavy atom. The van der Waals surface area contributed by atoms with E-state index in [1.807, 2.05) is 0 Å². The van der Waals surface area contributed by atoms with Crippen LogP contribution in [0.25, 0.3) is 0 Å². The summed E-state index contributed by atoms with van der Waals surface area (Å²) in [6.07, 6.45) is -2.01. The van der Waals surface area contributed by atoms with Gasteiger partial charge in [-0.15, -0.1) is 0 Å². The summed E-state index contributed by atoms with van der Waals surface area (Å²) in [6, 6.07) is -0.600. The second-order valence-corrected chi connectivity index (χ2v) is 3.42. The molecule has 2 unspecified atom stereocenters. The van der Waals surface area contributed by atoms with Gasteiger partial charge in [-0.25, -0.2) is 0 Å². The minimum Gasteiger partial charge on any atom is -0.393 e. The Morgan fingerprint density at radius 3 is 2.69 bits per heavy atom. The molecule has 2 bridgehead atoms. The van der Waals surface area contributed by atoms with Crippen molar-refractivity contribution in [3.63, 3.8) is 0 Å². The van der Waals surface area contributed by atoms with E-state index in [1.165, 1.54) is 12.2 Å². The number of hydroxylamine groups is 2. The van der Waals surface area contributed by atoms with Crippen molar-refractivity contribution in [2.24, 2.45) is 0 Å². The van der Waals surface area contributed by atoms with E-state index in [9.17, 15) is 10.2 Å². The molecule has 0 amide bonds. The van der Waals surface area contributed by atoms with Gasteiger partial charge in [0.1, 0.15) is 17.7 Å². The number of nitrogens with zero attached hydrogens (tertiary/aromatic N) is 1. The van der Waals surface area contributed by atoms with Crippen LogP contribution in [-0.4, -0.2) is 64.7 Å². The van der Waals surface area contributed by atoms with Crippen molar-refractivity contribution in [2.45, 2.75) is 24.0 Å². The highest BCUT2D eigenvalue weighted by Gasteiger charge is 2.63. The molecule has 76 valence electrons. The molecule has 2 aliphatic heterocycles. The van der Waals surface area contributed by atoms with Gasteiger partial charge in [-0.05, 0) is 0 Å². The van der Waals surface area contributed by atoms with Crippen molar-refractivity contribution >= 4 is 0 Å². The van der Waals surface area contributed by atoms with Crippen molar-refractivity contribution in [3.05, 3.63) is 0 Å². The Balaban J connectivity index is 2.24. The number of fused-ring (bicyclic) bond motifs is 2. The van der Waals surface area contributed by atoms with E-state index in [-0.39, 0.29) is 13.2 Å². The zero-order chi connectivity index (χ0) is 9.64. The predicted octanol–water partition coefficient (Wildman–Crippen LogP) is -2.33. The Kier molecular flexibility index (Phi) is 2.06. The number of rotatable bonds is 2. The van der Waals surface area contributed by atoms with Crippen LogP contribution in [0.1, 0.15) is 0 Å². The SMILES string of the molecule is CON1C[C@]2(CO)O[C@@H](O)C1C2O. The molecule has 0 saturated carbocycles. The Labute approximate surface area is 75.2 Å². The Morgan fingerprint density at radius 1 is 1.62 bits per heavy atom. The maximum atomic E-state index is 9.68. The van der Waals surface area contributed by atoms with Gasteiger partial charge in [0, 0.05) is 0 Å². The molecule has 0 aromatic heterocycles. The highest BCUT2D eigenvalue weighted by molar-refractivity contribution is 5.09. The van der Waals surface area contributed by atoms with Gasteiger partial charge in [0.25, 0.3) is 0 Å². The third kappa shape index (κ3) is 1.04. The van der Waals surface area contributed by atoms with Crippen LogP contribution in [0.4, 0.5) is 0 Å². The van der Waals surface area contributed by atoms with Crippen molar-refractivity contribution < 1.29 is 24.9 Å². The normalized spacial score (nSPS) is 50.3. The number of aliphatic hydroxyl groups is 3. The third-order valence-electron chi connectivity index (χ3n) is 2.77. The average molecular weight is 191 g/mol. The van der Waals surface area contributed by atoms with E-state index in [0.29, 0.717) is 0 Å². The topological polar surface area (TPSA) is 82.4 Å². The van der Waals surface area contributed by atoms with Crippen molar-refractivity contribution in [2.75, 3.05) is 20.3 Å². The van der Waals surface area contributed by atoms with Gasteiger partial charge < -0.3 is 24.9 Å². The van der Waals surface area contributed by atoms with E-state index in [1.54, 1.807) is 0 Å². The monoisotopic (exact) mass is 191 g/mol. The molecule has 2 heterocycles. The molecule has 0 radical (unpaired) electrons. The maximum absolute atomic E-state index is 9.68. The molecule has 0 aromatic rings. The first-order valence-corrected chi connectivity index (χ1v) is 4.10. The van der Waals surface area contributed by atoms with Crippen LogP contribution in [-0.2, 0) is 9.57 Å². The zero-order valence-electron chi connectivity index (χ0n) is 7.25. The van der Waals surface area contributed by atoms with Gasteiger partial charge in [0.2, 0.25) is 0 Å². The van der Waals surface area contributed by atoms with Crippen molar-refractivity contribution in [1.29, 1.82) is 0 Å². The summed E-state index contributed by atoms with van der Waals surface area (Å²) in [5.74, 6) is 0. The number of hydrogen-bond acceptors (Lipinski definition) is 6. The first kappa shape index (κ1) is 9.32. The molecule has 3 N–H and O–H groups in total. The minimum atomic E-state index is -1.10. The summed E-state index contributed by atoms with van der Waals surface area (Å²) in [5, 5.41) is 29.5. The van der Waals surface area contributed by atoms with Crippen LogP contribution in [0, 0.1) is 0 Å². The smallest absolute Gasteiger partial charge is 0.176 e. The van der Waals surface area contributed by atoms with Crippen molar-refractivity contribution in [3.8, 4) is 0 Å². The molecule has 0 aromatic carbocycles. The first-order chi connectivity index (χ1) is 6.14. The number of aliphatic hydroxyl groups excluding tert-OH is 3. The third-order valence-corrected chi connectivity index (χ3v) is 2.77. The molecule has 0 aliphatic carbocycles. The van der Waals surface area contributed by atoms with Crippen LogP contribution in [0.2, 0.25) is 0 Å². The summed E-state index contributed by atoms with van der Waals surface area (Å²) in [6.45, 7) is -0.0650. The van der Waals surface area contributed by atoms with Crippen LogP contribution < -0.4 is 0 Å². The summed E-state index contributed by atoms with van der Waals surface area (Å²) in [4.78, 5) is 4.93. The minimum absolute atomic E-state index is 0.267. The Hall–Kier alpha value is -0.240. The lowest BCUT2D eigenvalue weighted by Gasteiger charge is -2.32. The predicted molar refractivity (Wildman–Crippen MR) is 40.4 cm³/mol. The number of ether oxygens (including phenoxy) is 1. The summed E-state index contributed by atoms with van der Waals surface area (Å²) >= 11 is 0. The lowest BCUT2D eigenvalue weighted by Crippen LogP contribution is -2.48. The van der Waals surface area contributed by atoms with Gasteiger partial charge in [-0.2, -0.15) is 5.06 Å². The second-order valence-electron chi connectivity index (χ2n) is 3.42. The zero-order valence-corrected chi connectivity index (χ0v) is 7.25. The van der Waals surface area contributed by atoms with Crippen LogP contribution in [0.5, 0.6) is 0 Å². The summed E-state index contributed by atoms with van der Waals surface area (Å²) < 4.78 is 5.08. The van der Waals surface area contributed by atoms with E-state index >= 15 is 0 Å². The largest absolute Gasteiger partial charge is 0.393 e. The molecule has 2 fully saturated rings. The number of hydrogen-bond donors (Lipinski definition) is 3. The molecule has 2 rings (SSSR count). The van der Waals surface area contributed by atoms with Gasteiger partial charge >= 0.3 is 0 Å². The first-order valence-electron chi connectivity index (χ1n) is 4.10. The molecule has 0 spiro atoms. The standard InChI is InChI=1S/C7H13NO5/c1-12-8-2-7(3-9)5(10)4(8)6(11)13-7/h4-6,9-11H,2-3H2,1H3/t4?,5?,6-,7-/m1/s1.